The summed E-state index contributed by atoms with van der Waals surface area (Å²) in [6, 6.07) is 7.15. The number of allylic oxidation sites excluding steroid dienone is 2. The molecule has 1 aliphatic rings. The van der Waals surface area contributed by atoms with Crippen LogP contribution < -0.4 is 5.73 Å². The number of aliphatic imine (C=N–C) groups is 1. The molecule has 0 amide bonds. The molecule has 0 bridgehead atoms. The van der Waals surface area contributed by atoms with Crippen LogP contribution in [-0.2, 0) is 4.79 Å². The van der Waals surface area contributed by atoms with E-state index >= 15 is 0 Å². The number of carbonyl (C=O) groups excluding carboxylic acids is 1. The predicted octanol–water partition coefficient (Wildman–Crippen LogP) is 3.56. The maximum atomic E-state index is 11.8. The minimum atomic E-state index is -0.146. The van der Waals surface area contributed by atoms with Crippen LogP contribution in [0.25, 0.3) is 0 Å². The molecule has 3 N–H and O–H groups in total. The van der Waals surface area contributed by atoms with Crippen molar-refractivity contribution in [2.24, 2.45) is 10.4 Å². The molecule has 0 radical (unpaired) electrons. The highest BCUT2D eigenvalue weighted by Gasteiger charge is 2.33. The van der Waals surface area contributed by atoms with Gasteiger partial charge in [-0.3, -0.25) is 9.79 Å². The first kappa shape index (κ1) is 14.3. The van der Waals surface area contributed by atoms with Gasteiger partial charge >= 0.3 is 0 Å². The Hall–Kier alpha value is -2.10. The van der Waals surface area contributed by atoms with Crippen LogP contribution in [0.3, 0.4) is 0 Å². The number of anilines is 1. The second-order valence-electron chi connectivity index (χ2n) is 6.05. The number of nitrogens with zero attached hydrogens (tertiary/aromatic N) is 1. The Kier molecular flexibility index (Phi) is 3.66. The zero-order chi connectivity index (χ0) is 14.9. The monoisotopic (exact) mass is 272 g/mol. The minimum Gasteiger partial charge on any atom is -0.511 e. The van der Waals surface area contributed by atoms with Gasteiger partial charge in [-0.2, -0.15) is 0 Å². The van der Waals surface area contributed by atoms with Crippen molar-refractivity contribution in [3.05, 3.63) is 35.6 Å². The van der Waals surface area contributed by atoms with Crippen LogP contribution in [0.4, 0.5) is 11.4 Å². The van der Waals surface area contributed by atoms with Crippen molar-refractivity contribution in [1.29, 1.82) is 0 Å². The van der Waals surface area contributed by atoms with Gasteiger partial charge in [-0.15, -0.1) is 0 Å². The lowest BCUT2D eigenvalue weighted by Crippen LogP contribution is -2.28. The molecule has 1 aromatic carbocycles. The van der Waals surface area contributed by atoms with Crippen molar-refractivity contribution in [2.45, 2.75) is 33.6 Å². The fourth-order valence-electron chi connectivity index (χ4n) is 2.52. The number of benzene rings is 1. The van der Waals surface area contributed by atoms with Crippen LogP contribution in [0.2, 0.25) is 0 Å². The molecule has 20 heavy (non-hydrogen) atoms. The average Bonchev–Trinajstić information content (AvgIpc) is 2.29. The Bertz CT molecular complexity index is 595. The van der Waals surface area contributed by atoms with Crippen LogP contribution in [0.1, 0.15) is 33.6 Å². The van der Waals surface area contributed by atoms with Gasteiger partial charge in [0.2, 0.25) is 0 Å². The summed E-state index contributed by atoms with van der Waals surface area (Å²) in [4.78, 5) is 16.3. The summed E-state index contributed by atoms with van der Waals surface area (Å²) >= 11 is 0. The van der Waals surface area contributed by atoms with Crippen molar-refractivity contribution < 1.29 is 9.90 Å². The second kappa shape index (κ2) is 5.12. The average molecular weight is 272 g/mol. The lowest BCUT2D eigenvalue weighted by atomic mass is 9.75. The number of carbonyl (C=O) groups is 1. The second-order valence-corrected chi connectivity index (χ2v) is 6.05. The third-order valence-corrected chi connectivity index (χ3v) is 3.38. The summed E-state index contributed by atoms with van der Waals surface area (Å²) in [5.41, 5.74) is 7.96. The highest BCUT2D eigenvalue weighted by atomic mass is 16.3. The molecule has 0 atom stereocenters. The first-order valence-corrected chi connectivity index (χ1v) is 6.65. The molecule has 0 aromatic heterocycles. The molecule has 1 aromatic rings. The Labute approximate surface area is 119 Å². The molecule has 0 saturated heterocycles. The van der Waals surface area contributed by atoms with Crippen LogP contribution >= 0.6 is 0 Å². The Morgan fingerprint density at radius 1 is 1.25 bits per heavy atom. The third kappa shape index (κ3) is 3.07. The molecule has 4 heteroatoms. The Morgan fingerprint density at radius 2 is 1.85 bits per heavy atom. The Morgan fingerprint density at radius 3 is 2.40 bits per heavy atom. The van der Waals surface area contributed by atoms with Gasteiger partial charge in [-0.05, 0) is 43.0 Å². The molecule has 0 spiro atoms. The van der Waals surface area contributed by atoms with E-state index < -0.39 is 0 Å². The van der Waals surface area contributed by atoms with Gasteiger partial charge in [0.25, 0.3) is 0 Å². The van der Waals surface area contributed by atoms with Crippen LogP contribution in [0.5, 0.6) is 0 Å². The van der Waals surface area contributed by atoms with Crippen molar-refractivity contribution in [3.63, 3.8) is 0 Å². The number of Topliss-reactive ketones (excluding diaryl/α,β-unsaturated/α-hetero) is 1. The smallest absolute Gasteiger partial charge is 0.165 e. The van der Waals surface area contributed by atoms with Gasteiger partial charge in [0.15, 0.2) is 5.78 Å². The SMILES string of the molecule is CC(=O)C1=C(O)CC(C)(C)CC1=Nc1ccc(N)cc1. The summed E-state index contributed by atoms with van der Waals surface area (Å²) in [6.07, 6.45) is 1.17. The van der Waals surface area contributed by atoms with E-state index in [2.05, 4.69) is 18.8 Å². The highest BCUT2D eigenvalue weighted by Crippen LogP contribution is 2.37. The van der Waals surface area contributed by atoms with E-state index in [0.29, 0.717) is 29.8 Å². The molecule has 2 rings (SSSR count). The van der Waals surface area contributed by atoms with E-state index in [4.69, 9.17) is 5.73 Å². The number of aliphatic hydroxyl groups excluding tert-OH is 1. The molecule has 1 aliphatic carbocycles. The fourth-order valence-corrected chi connectivity index (χ4v) is 2.52. The number of nitrogens with two attached hydrogens (primary N) is 1. The van der Waals surface area contributed by atoms with Crippen molar-refractivity contribution >= 4 is 22.9 Å². The van der Waals surface area contributed by atoms with E-state index in [1.54, 1.807) is 24.3 Å². The maximum absolute atomic E-state index is 11.8. The van der Waals surface area contributed by atoms with E-state index in [1.165, 1.54) is 6.92 Å². The quantitative estimate of drug-likeness (QED) is 0.808. The summed E-state index contributed by atoms with van der Waals surface area (Å²) in [5, 5.41) is 10.1. The molecule has 0 fully saturated rings. The van der Waals surface area contributed by atoms with Crippen LogP contribution in [0, 0.1) is 5.41 Å². The largest absolute Gasteiger partial charge is 0.511 e. The van der Waals surface area contributed by atoms with Crippen molar-refractivity contribution in [2.75, 3.05) is 5.73 Å². The van der Waals surface area contributed by atoms with E-state index in [9.17, 15) is 9.90 Å². The predicted molar refractivity (Wildman–Crippen MR) is 81.3 cm³/mol. The van der Waals surface area contributed by atoms with E-state index in [-0.39, 0.29) is 17.0 Å². The normalized spacial score (nSPS) is 20.2. The number of hydrogen-bond donors (Lipinski definition) is 2. The molecule has 0 heterocycles. The maximum Gasteiger partial charge on any atom is 0.165 e. The van der Waals surface area contributed by atoms with Gasteiger partial charge in [-0.1, -0.05) is 13.8 Å². The van der Waals surface area contributed by atoms with Gasteiger partial charge in [-0.25, -0.2) is 0 Å². The number of hydrogen-bond acceptors (Lipinski definition) is 4. The van der Waals surface area contributed by atoms with Crippen LogP contribution in [-0.4, -0.2) is 16.6 Å². The summed E-state index contributed by atoms with van der Waals surface area (Å²) in [5.74, 6) is -0.00450. The topological polar surface area (TPSA) is 75.7 Å². The number of rotatable bonds is 2. The number of nitrogen functional groups attached to an aromatic ring is 1. The lowest BCUT2D eigenvalue weighted by Gasteiger charge is -2.31. The third-order valence-electron chi connectivity index (χ3n) is 3.38. The number of aliphatic hydroxyl groups is 1. The molecular weight excluding hydrogens is 252 g/mol. The summed E-state index contributed by atoms with van der Waals surface area (Å²) in [6.45, 7) is 5.57. The highest BCUT2D eigenvalue weighted by molar-refractivity contribution is 6.23. The summed E-state index contributed by atoms with van der Waals surface area (Å²) in [7, 11) is 0. The fraction of sp³-hybridized carbons (Fsp3) is 0.375. The van der Waals surface area contributed by atoms with Gasteiger partial charge < -0.3 is 10.8 Å². The first-order valence-electron chi connectivity index (χ1n) is 6.65. The minimum absolute atomic E-state index is 0.102. The zero-order valence-corrected chi connectivity index (χ0v) is 12.1. The summed E-state index contributed by atoms with van der Waals surface area (Å²) < 4.78 is 0. The molecule has 4 nitrogen and oxygen atoms in total. The van der Waals surface area contributed by atoms with Crippen molar-refractivity contribution in [3.8, 4) is 0 Å². The van der Waals surface area contributed by atoms with Gasteiger partial charge in [0, 0.05) is 12.1 Å². The van der Waals surface area contributed by atoms with Gasteiger partial charge in [0.05, 0.1) is 17.0 Å². The van der Waals surface area contributed by atoms with Gasteiger partial charge in [0.1, 0.15) is 5.76 Å². The van der Waals surface area contributed by atoms with E-state index in [0.717, 1.165) is 5.69 Å². The molecule has 0 saturated carbocycles. The first-order chi connectivity index (χ1) is 9.28. The van der Waals surface area contributed by atoms with E-state index in [1.807, 2.05) is 0 Å². The Balaban J connectivity index is 2.48. The van der Waals surface area contributed by atoms with Crippen molar-refractivity contribution in [1.82, 2.24) is 0 Å². The standard InChI is InChI=1S/C16H20N2O2/c1-10(19)15-13(8-16(2,3)9-14(15)20)18-12-6-4-11(17)5-7-12/h4-7,20H,8-9,17H2,1-3H3. The molecular formula is C16H20N2O2. The molecule has 0 unspecified atom stereocenters. The zero-order valence-electron chi connectivity index (χ0n) is 12.1. The molecule has 0 aliphatic heterocycles. The molecule has 106 valence electrons. The number of ketones is 1. The van der Waals surface area contributed by atoms with Crippen LogP contribution in [0.15, 0.2) is 40.6 Å². The lowest BCUT2D eigenvalue weighted by molar-refractivity contribution is -0.113.